The maximum absolute atomic E-state index is 11.8. The predicted octanol–water partition coefficient (Wildman–Crippen LogP) is 1.14. The van der Waals surface area contributed by atoms with Crippen molar-refractivity contribution in [2.75, 3.05) is 6.61 Å². The molecule has 0 saturated heterocycles. The van der Waals surface area contributed by atoms with Crippen LogP contribution in [0.1, 0.15) is 27.2 Å². The van der Waals surface area contributed by atoms with Gasteiger partial charge in [0.05, 0.1) is 16.6 Å². The topological polar surface area (TPSA) is 54.4 Å². The van der Waals surface area contributed by atoms with E-state index in [0.717, 1.165) is 0 Å². The maximum Gasteiger partial charge on any atom is 0.160 e. The van der Waals surface area contributed by atoms with Gasteiger partial charge in [0.25, 0.3) is 0 Å². The fraction of sp³-hybridized carbons (Fsp3) is 0.778. The zero-order valence-electron chi connectivity index (χ0n) is 8.45. The van der Waals surface area contributed by atoms with E-state index < -0.39 is 19.8 Å². The molecule has 0 spiro atoms. The van der Waals surface area contributed by atoms with Gasteiger partial charge in [0.15, 0.2) is 9.84 Å². The molecule has 0 fully saturated rings. The fourth-order valence-corrected chi connectivity index (χ4v) is 2.57. The van der Waals surface area contributed by atoms with Gasteiger partial charge in [0.2, 0.25) is 0 Å². The first-order chi connectivity index (χ1) is 5.77. The van der Waals surface area contributed by atoms with E-state index >= 15 is 0 Å². The maximum atomic E-state index is 11.8. The number of aliphatic hydroxyl groups excluding tert-OH is 1. The molecule has 13 heavy (non-hydrogen) atoms. The third kappa shape index (κ3) is 2.81. The van der Waals surface area contributed by atoms with E-state index in [1.807, 2.05) is 0 Å². The second-order valence-electron chi connectivity index (χ2n) is 3.99. The van der Waals surface area contributed by atoms with Crippen LogP contribution in [0.3, 0.4) is 0 Å². The Bertz CT molecular complexity index is 259. The average molecular weight is 206 g/mol. The van der Waals surface area contributed by atoms with Crippen LogP contribution >= 0.6 is 0 Å². The minimum Gasteiger partial charge on any atom is -0.395 e. The highest BCUT2D eigenvalue weighted by Gasteiger charge is 2.35. The lowest BCUT2D eigenvalue weighted by Gasteiger charge is -2.24. The van der Waals surface area contributed by atoms with Crippen molar-refractivity contribution >= 4 is 9.84 Å². The molecule has 3 nitrogen and oxygen atoms in total. The summed E-state index contributed by atoms with van der Waals surface area (Å²) in [5.41, 5.74) is 0. The molecule has 0 heterocycles. The number of sulfone groups is 1. The minimum absolute atomic E-state index is 0.302. The highest BCUT2D eigenvalue weighted by atomic mass is 32.2. The monoisotopic (exact) mass is 206 g/mol. The van der Waals surface area contributed by atoms with Gasteiger partial charge < -0.3 is 5.11 Å². The third-order valence-electron chi connectivity index (χ3n) is 1.93. The summed E-state index contributed by atoms with van der Waals surface area (Å²) in [6.45, 7) is 8.03. The van der Waals surface area contributed by atoms with Crippen molar-refractivity contribution in [1.82, 2.24) is 0 Å². The number of allylic oxidation sites excluding steroid dienone is 1. The molecule has 0 bridgehead atoms. The second-order valence-corrected chi connectivity index (χ2v) is 6.97. The summed E-state index contributed by atoms with van der Waals surface area (Å²) in [5, 5.41) is 8.21. The molecule has 0 rings (SSSR count). The van der Waals surface area contributed by atoms with E-state index in [9.17, 15) is 8.42 Å². The molecular formula is C9H18O3S. The average Bonchev–Trinajstić information content (AvgIpc) is 1.97. The smallest absolute Gasteiger partial charge is 0.160 e. The van der Waals surface area contributed by atoms with Crippen molar-refractivity contribution < 1.29 is 13.5 Å². The van der Waals surface area contributed by atoms with Crippen molar-refractivity contribution in [3.63, 3.8) is 0 Å². The van der Waals surface area contributed by atoms with Crippen LogP contribution in [0.2, 0.25) is 0 Å². The van der Waals surface area contributed by atoms with Gasteiger partial charge in [-0.3, -0.25) is 0 Å². The molecule has 0 aromatic heterocycles. The summed E-state index contributed by atoms with van der Waals surface area (Å²) in [7, 11) is -3.27. The molecule has 78 valence electrons. The van der Waals surface area contributed by atoms with Crippen molar-refractivity contribution in [2.45, 2.75) is 37.2 Å². The predicted molar refractivity (Wildman–Crippen MR) is 54.4 cm³/mol. The summed E-state index contributed by atoms with van der Waals surface area (Å²) < 4.78 is 22.7. The van der Waals surface area contributed by atoms with Crippen LogP contribution in [-0.4, -0.2) is 30.1 Å². The summed E-state index contributed by atoms with van der Waals surface area (Å²) >= 11 is 0. The Morgan fingerprint density at radius 1 is 1.46 bits per heavy atom. The molecule has 4 heteroatoms. The Morgan fingerprint density at radius 3 is 2.15 bits per heavy atom. The lowest BCUT2D eigenvalue weighted by atomic mass is 10.3. The van der Waals surface area contributed by atoms with Crippen molar-refractivity contribution in [3.8, 4) is 0 Å². The van der Waals surface area contributed by atoms with E-state index in [2.05, 4.69) is 6.58 Å². The van der Waals surface area contributed by atoms with Crippen LogP contribution < -0.4 is 0 Å². The number of rotatable bonds is 4. The first kappa shape index (κ1) is 12.7. The Balaban J connectivity index is 4.90. The molecule has 1 atom stereocenters. The standard InChI is InChI=1S/C9H18O3S/c1-5-6-8(7-10)13(11,12)9(2,3)4/h5,8,10H,1,6-7H2,2-4H3/t8-/m0/s1. The quantitative estimate of drug-likeness (QED) is 0.702. The first-order valence-corrected chi connectivity index (χ1v) is 5.77. The van der Waals surface area contributed by atoms with E-state index in [-0.39, 0.29) is 6.61 Å². The molecule has 1 N–H and O–H groups in total. The number of aliphatic hydroxyl groups is 1. The molecule has 0 aliphatic rings. The van der Waals surface area contributed by atoms with Crippen LogP contribution in [0.4, 0.5) is 0 Å². The summed E-state index contributed by atoms with van der Waals surface area (Å²) in [6, 6.07) is 0. The van der Waals surface area contributed by atoms with Gasteiger partial charge in [-0.2, -0.15) is 0 Å². The first-order valence-electron chi connectivity index (χ1n) is 4.22. The Kier molecular flexibility index (Phi) is 4.13. The largest absolute Gasteiger partial charge is 0.395 e. The van der Waals surface area contributed by atoms with E-state index in [1.165, 1.54) is 6.08 Å². The Hall–Kier alpha value is -0.350. The van der Waals surface area contributed by atoms with Gasteiger partial charge in [-0.25, -0.2) is 8.42 Å². The van der Waals surface area contributed by atoms with Crippen molar-refractivity contribution in [3.05, 3.63) is 12.7 Å². The summed E-state index contributed by atoms with van der Waals surface area (Å²) in [5.74, 6) is 0. The van der Waals surface area contributed by atoms with Crippen molar-refractivity contribution in [2.24, 2.45) is 0 Å². The fourth-order valence-electron chi connectivity index (χ4n) is 0.985. The van der Waals surface area contributed by atoms with Crippen LogP contribution in [0.5, 0.6) is 0 Å². The van der Waals surface area contributed by atoms with Gasteiger partial charge in [-0.1, -0.05) is 6.08 Å². The van der Waals surface area contributed by atoms with E-state index in [0.29, 0.717) is 6.42 Å². The highest BCUT2D eigenvalue weighted by Crippen LogP contribution is 2.22. The zero-order chi connectivity index (χ0) is 10.7. The molecule has 0 saturated carbocycles. The SMILES string of the molecule is C=CC[C@@H](CO)S(=O)(=O)C(C)(C)C. The number of hydrogen-bond donors (Lipinski definition) is 1. The molecule has 0 radical (unpaired) electrons. The molecule has 0 aliphatic carbocycles. The molecule has 0 amide bonds. The van der Waals surface area contributed by atoms with Gasteiger partial charge in [0.1, 0.15) is 0 Å². The van der Waals surface area contributed by atoms with Gasteiger partial charge >= 0.3 is 0 Å². The molecule has 0 aromatic rings. The molecule has 0 aliphatic heterocycles. The molecule has 0 unspecified atom stereocenters. The summed E-state index contributed by atoms with van der Waals surface area (Å²) in [6.07, 6.45) is 1.82. The van der Waals surface area contributed by atoms with Crippen LogP contribution in [0.15, 0.2) is 12.7 Å². The Morgan fingerprint density at radius 2 is 1.92 bits per heavy atom. The van der Waals surface area contributed by atoms with E-state index in [1.54, 1.807) is 20.8 Å². The highest BCUT2D eigenvalue weighted by molar-refractivity contribution is 7.93. The minimum atomic E-state index is -3.27. The number of hydrogen-bond acceptors (Lipinski definition) is 3. The molecule has 0 aromatic carbocycles. The normalized spacial score (nSPS) is 15.4. The summed E-state index contributed by atoms with van der Waals surface area (Å²) in [4.78, 5) is 0. The van der Waals surface area contributed by atoms with E-state index in [4.69, 9.17) is 5.11 Å². The van der Waals surface area contributed by atoms with Crippen LogP contribution in [-0.2, 0) is 9.84 Å². The lowest BCUT2D eigenvalue weighted by Crippen LogP contribution is -2.39. The van der Waals surface area contributed by atoms with Crippen LogP contribution in [0, 0.1) is 0 Å². The zero-order valence-corrected chi connectivity index (χ0v) is 9.26. The lowest BCUT2D eigenvalue weighted by molar-refractivity contribution is 0.289. The van der Waals surface area contributed by atoms with Gasteiger partial charge in [-0.05, 0) is 27.2 Å². The van der Waals surface area contributed by atoms with Gasteiger partial charge in [0, 0.05) is 0 Å². The molecular weight excluding hydrogens is 188 g/mol. The van der Waals surface area contributed by atoms with Crippen LogP contribution in [0.25, 0.3) is 0 Å². The third-order valence-corrected chi connectivity index (χ3v) is 4.85. The Labute approximate surface area is 80.4 Å². The van der Waals surface area contributed by atoms with Gasteiger partial charge in [-0.15, -0.1) is 6.58 Å². The van der Waals surface area contributed by atoms with Crippen molar-refractivity contribution in [1.29, 1.82) is 0 Å². The second kappa shape index (κ2) is 4.24.